The van der Waals surface area contributed by atoms with Gasteiger partial charge in [0.1, 0.15) is 5.82 Å². The molecule has 144 valence electrons. The molecule has 0 spiro atoms. The molecule has 0 saturated heterocycles. The number of halogens is 4. The molecule has 0 saturated carbocycles. The molecule has 0 bridgehead atoms. The zero-order valence-corrected chi connectivity index (χ0v) is 15.4. The second kappa shape index (κ2) is 6.64. The minimum atomic E-state index is -4.67. The number of alkyl halides is 3. The van der Waals surface area contributed by atoms with Gasteiger partial charge >= 0.3 is 6.18 Å². The van der Waals surface area contributed by atoms with E-state index >= 15 is 0 Å². The molecule has 0 unspecified atom stereocenters. The summed E-state index contributed by atoms with van der Waals surface area (Å²) in [5.74, 6) is -0.732. The Balaban J connectivity index is 2.28. The van der Waals surface area contributed by atoms with Gasteiger partial charge in [-0.2, -0.15) is 13.2 Å². The van der Waals surface area contributed by atoms with E-state index in [1.807, 2.05) is 31.5 Å². The fourth-order valence-electron chi connectivity index (χ4n) is 3.24. The molecule has 0 aliphatic heterocycles. The minimum absolute atomic E-state index is 0.0716. The Morgan fingerprint density at radius 2 is 1.81 bits per heavy atom. The molecule has 3 nitrogen and oxygen atoms in total. The Kier molecular flexibility index (Phi) is 4.76. The molecule has 0 fully saturated rings. The zero-order chi connectivity index (χ0) is 20.0. The van der Waals surface area contributed by atoms with Crippen LogP contribution in [0.4, 0.5) is 17.6 Å². The largest absolute Gasteiger partial charge is 0.433 e. The highest BCUT2D eigenvalue weighted by molar-refractivity contribution is 5.89. The molecule has 0 atom stereocenters. The first kappa shape index (κ1) is 19.4. The van der Waals surface area contributed by atoms with Gasteiger partial charge in [-0.05, 0) is 29.2 Å². The van der Waals surface area contributed by atoms with E-state index in [1.165, 1.54) is 24.3 Å². The monoisotopic (exact) mass is 379 g/mol. The number of rotatable bonds is 3. The molecule has 0 amide bonds. The summed E-state index contributed by atoms with van der Waals surface area (Å²) in [6.45, 7) is 6.98. The number of hydrogen-bond acceptors (Lipinski definition) is 2. The van der Waals surface area contributed by atoms with Crippen molar-refractivity contribution in [2.24, 2.45) is 11.1 Å². The second-order valence-corrected chi connectivity index (χ2v) is 7.79. The molecule has 7 heteroatoms. The average Bonchev–Trinajstić information content (AvgIpc) is 2.88. The SMILES string of the molecule is CC(C)(C)Cn1cc(CN)c2cc(F)c(-c3cccnc3C(F)(F)F)cc21. The predicted molar refractivity (Wildman–Crippen MR) is 97.5 cm³/mol. The molecule has 2 aromatic heterocycles. The lowest BCUT2D eigenvalue weighted by Gasteiger charge is -2.20. The highest BCUT2D eigenvalue weighted by atomic mass is 19.4. The van der Waals surface area contributed by atoms with E-state index in [9.17, 15) is 17.6 Å². The quantitative estimate of drug-likeness (QED) is 0.622. The minimum Gasteiger partial charge on any atom is -0.347 e. The van der Waals surface area contributed by atoms with Gasteiger partial charge in [-0.3, -0.25) is 4.98 Å². The van der Waals surface area contributed by atoms with Crippen LogP contribution in [0.25, 0.3) is 22.0 Å². The van der Waals surface area contributed by atoms with Gasteiger partial charge in [-0.15, -0.1) is 0 Å². The van der Waals surface area contributed by atoms with Gasteiger partial charge in [0.05, 0.1) is 0 Å². The summed E-state index contributed by atoms with van der Waals surface area (Å²) in [6, 6.07) is 5.33. The van der Waals surface area contributed by atoms with Crippen LogP contribution in [0.3, 0.4) is 0 Å². The number of aromatic nitrogens is 2. The predicted octanol–water partition coefficient (Wildman–Crippen LogP) is 5.37. The van der Waals surface area contributed by atoms with Gasteiger partial charge in [0.25, 0.3) is 0 Å². The molecule has 0 aliphatic rings. The van der Waals surface area contributed by atoms with Crippen molar-refractivity contribution in [1.29, 1.82) is 0 Å². The third-order valence-electron chi connectivity index (χ3n) is 4.28. The molecule has 1 aromatic carbocycles. The average molecular weight is 379 g/mol. The van der Waals surface area contributed by atoms with Crippen LogP contribution in [-0.2, 0) is 19.3 Å². The van der Waals surface area contributed by atoms with Crippen LogP contribution in [0.15, 0.2) is 36.7 Å². The topological polar surface area (TPSA) is 43.8 Å². The number of benzene rings is 1. The molecule has 0 aliphatic carbocycles. The summed E-state index contributed by atoms with van der Waals surface area (Å²) in [4.78, 5) is 3.43. The van der Waals surface area contributed by atoms with E-state index in [-0.39, 0.29) is 23.1 Å². The second-order valence-electron chi connectivity index (χ2n) is 7.79. The standard InChI is InChI=1S/C20H21F4N3/c1-19(2,3)11-27-10-12(9-25)14-7-16(21)15(8-17(14)27)13-5-4-6-26-18(13)20(22,23)24/h4-8,10H,9,11,25H2,1-3H3. The maximum absolute atomic E-state index is 14.8. The third-order valence-corrected chi connectivity index (χ3v) is 4.28. The Morgan fingerprint density at radius 1 is 1.11 bits per heavy atom. The third kappa shape index (κ3) is 3.83. The van der Waals surface area contributed by atoms with Crippen molar-refractivity contribution in [1.82, 2.24) is 9.55 Å². The zero-order valence-electron chi connectivity index (χ0n) is 15.4. The lowest BCUT2D eigenvalue weighted by molar-refractivity contribution is -0.140. The fourth-order valence-corrected chi connectivity index (χ4v) is 3.24. The van der Waals surface area contributed by atoms with Crippen molar-refractivity contribution in [2.45, 2.75) is 40.0 Å². The molecule has 3 aromatic rings. The van der Waals surface area contributed by atoms with Crippen LogP contribution >= 0.6 is 0 Å². The first-order valence-electron chi connectivity index (χ1n) is 8.55. The van der Waals surface area contributed by atoms with Gasteiger partial charge in [0.2, 0.25) is 0 Å². The molecule has 3 rings (SSSR count). The Bertz CT molecular complexity index is 981. The van der Waals surface area contributed by atoms with Crippen molar-refractivity contribution < 1.29 is 17.6 Å². The normalized spacial score (nSPS) is 12.7. The summed E-state index contributed by atoms with van der Waals surface area (Å²) >= 11 is 0. The van der Waals surface area contributed by atoms with Gasteiger partial charge < -0.3 is 10.3 Å². The van der Waals surface area contributed by atoms with Crippen LogP contribution in [0, 0.1) is 11.2 Å². The Labute approximate surface area is 154 Å². The van der Waals surface area contributed by atoms with Crippen molar-refractivity contribution >= 4 is 10.9 Å². The van der Waals surface area contributed by atoms with Gasteiger partial charge in [0, 0.05) is 47.5 Å². The van der Waals surface area contributed by atoms with E-state index in [4.69, 9.17) is 5.73 Å². The number of nitrogens with zero attached hydrogens (tertiary/aromatic N) is 2. The highest BCUT2D eigenvalue weighted by Gasteiger charge is 2.36. The molecule has 2 heterocycles. The maximum atomic E-state index is 14.8. The summed E-state index contributed by atoms with van der Waals surface area (Å²) in [6.07, 6.45) is -1.78. The molecule has 2 N–H and O–H groups in total. The van der Waals surface area contributed by atoms with Crippen LogP contribution in [-0.4, -0.2) is 9.55 Å². The highest BCUT2D eigenvalue weighted by Crippen LogP contribution is 2.38. The van der Waals surface area contributed by atoms with Crippen molar-refractivity contribution in [3.63, 3.8) is 0 Å². The van der Waals surface area contributed by atoms with Crippen molar-refractivity contribution in [3.8, 4) is 11.1 Å². The van der Waals surface area contributed by atoms with Gasteiger partial charge in [-0.25, -0.2) is 4.39 Å². The Morgan fingerprint density at radius 3 is 2.41 bits per heavy atom. The summed E-state index contributed by atoms with van der Waals surface area (Å²) in [5, 5.41) is 0.612. The molecular weight excluding hydrogens is 358 g/mol. The molecular formula is C20H21F4N3. The Hall–Kier alpha value is -2.41. The summed E-state index contributed by atoms with van der Waals surface area (Å²) in [7, 11) is 0. The number of fused-ring (bicyclic) bond motifs is 1. The first-order valence-corrected chi connectivity index (χ1v) is 8.55. The smallest absolute Gasteiger partial charge is 0.347 e. The maximum Gasteiger partial charge on any atom is 0.433 e. The number of hydrogen-bond donors (Lipinski definition) is 1. The van der Waals surface area contributed by atoms with Crippen LogP contribution < -0.4 is 5.73 Å². The molecule has 27 heavy (non-hydrogen) atoms. The van der Waals surface area contributed by atoms with Crippen LogP contribution in [0.1, 0.15) is 32.0 Å². The van der Waals surface area contributed by atoms with E-state index in [2.05, 4.69) is 4.98 Å². The lowest BCUT2D eigenvalue weighted by Crippen LogP contribution is -2.14. The number of pyridine rings is 1. The lowest BCUT2D eigenvalue weighted by atomic mass is 9.96. The first-order chi connectivity index (χ1) is 12.5. The fraction of sp³-hybridized carbons (Fsp3) is 0.350. The van der Waals surface area contributed by atoms with Crippen LogP contribution in [0.5, 0.6) is 0 Å². The van der Waals surface area contributed by atoms with Crippen molar-refractivity contribution in [3.05, 3.63) is 53.7 Å². The van der Waals surface area contributed by atoms with Gasteiger partial charge in [-0.1, -0.05) is 26.8 Å². The summed E-state index contributed by atoms with van der Waals surface area (Å²) in [5.41, 5.74) is 5.61. The van der Waals surface area contributed by atoms with Crippen LogP contribution in [0.2, 0.25) is 0 Å². The van der Waals surface area contributed by atoms with E-state index in [0.29, 0.717) is 17.4 Å². The van der Waals surface area contributed by atoms with Gasteiger partial charge in [0.15, 0.2) is 5.69 Å². The van der Waals surface area contributed by atoms with E-state index in [0.717, 1.165) is 11.8 Å². The summed E-state index contributed by atoms with van der Waals surface area (Å²) < 4.78 is 56.7. The molecule has 0 radical (unpaired) electrons. The van der Waals surface area contributed by atoms with Crippen molar-refractivity contribution in [2.75, 3.05) is 0 Å². The number of nitrogens with two attached hydrogens (primary N) is 1. The van der Waals surface area contributed by atoms with E-state index in [1.54, 1.807) is 0 Å². The van der Waals surface area contributed by atoms with E-state index < -0.39 is 17.7 Å².